The Kier molecular flexibility index (Phi) is 6.17. The number of hydrogen-bond donors (Lipinski definition) is 0. The van der Waals surface area contributed by atoms with Gasteiger partial charge in [-0.25, -0.2) is 0 Å². The van der Waals surface area contributed by atoms with Crippen LogP contribution < -0.4 is 4.90 Å². The lowest BCUT2D eigenvalue weighted by molar-refractivity contribution is -0.136. The Labute approximate surface area is 173 Å². The summed E-state index contributed by atoms with van der Waals surface area (Å²) in [5.41, 5.74) is 2.96. The summed E-state index contributed by atoms with van der Waals surface area (Å²) in [7, 11) is 0. The first-order valence-corrected chi connectivity index (χ1v) is 10.3. The Balaban J connectivity index is 1.76. The van der Waals surface area contributed by atoms with Crippen LogP contribution in [0.5, 0.6) is 0 Å². The van der Waals surface area contributed by atoms with Gasteiger partial charge in [0.05, 0.1) is 11.1 Å². The predicted molar refractivity (Wildman–Crippen MR) is 114 cm³/mol. The first kappa shape index (κ1) is 20.8. The molecule has 1 aromatic heterocycles. The van der Waals surface area contributed by atoms with E-state index in [2.05, 4.69) is 21.2 Å². The van der Waals surface area contributed by atoms with E-state index in [0.29, 0.717) is 37.6 Å². The van der Waals surface area contributed by atoms with Gasteiger partial charge < -0.3 is 9.80 Å². The smallest absolute Gasteiger partial charge is 0.232 e. The van der Waals surface area contributed by atoms with Crippen LogP contribution in [-0.2, 0) is 23.1 Å². The van der Waals surface area contributed by atoms with Gasteiger partial charge in [0.1, 0.15) is 11.6 Å². The molecule has 0 atom stereocenters. The lowest BCUT2D eigenvalue weighted by atomic mass is 9.83. The zero-order valence-corrected chi connectivity index (χ0v) is 17.8. The van der Waals surface area contributed by atoms with E-state index in [1.165, 1.54) is 0 Å². The highest BCUT2D eigenvalue weighted by molar-refractivity contribution is 5.87. The molecule has 1 aliphatic rings. The minimum atomic E-state index is -0.570. The van der Waals surface area contributed by atoms with E-state index in [0.717, 1.165) is 29.7 Å². The first-order valence-electron chi connectivity index (χ1n) is 10.3. The number of carbonyl (C=O) groups is 1. The number of carbonyl (C=O) groups excluding carboxylic acids is 1. The van der Waals surface area contributed by atoms with Gasteiger partial charge >= 0.3 is 0 Å². The van der Waals surface area contributed by atoms with Crippen molar-refractivity contribution in [1.29, 1.82) is 5.26 Å². The lowest BCUT2D eigenvalue weighted by Crippen LogP contribution is -2.53. The number of aromatic nitrogens is 2. The third-order valence-electron chi connectivity index (χ3n) is 5.84. The molecule has 2 aromatic rings. The van der Waals surface area contributed by atoms with Crippen molar-refractivity contribution in [3.63, 3.8) is 0 Å². The Morgan fingerprint density at radius 3 is 2.28 bits per heavy atom. The van der Waals surface area contributed by atoms with E-state index in [1.807, 2.05) is 62.9 Å². The van der Waals surface area contributed by atoms with Crippen LogP contribution in [-0.4, -0.2) is 47.2 Å². The molecule has 0 radical (unpaired) electrons. The summed E-state index contributed by atoms with van der Waals surface area (Å²) in [6, 6.07) is 12.3. The van der Waals surface area contributed by atoms with Crippen molar-refractivity contribution >= 4 is 11.7 Å². The van der Waals surface area contributed by atoms with Gasteiger partial charge in [0, 0.05) is 26.2 Å². The SMILES string of the molecule is CCc1nnc(N2CCN(C(=O)C(C)(C)c3ccccc3)CC2)c(C#N)c1CC. The van der Waals surface area contributed by atoms with Crippen molar-refractivity contribution in [2.24, 2.45) is 0 Å². The molecule has 0 unspecified atom stereocenters. The molecule has 152 valence electrons. The molecule has 2 heterocycles. The highest BCUT2D eigenvalue weighted by Gasteiger charge is 2.35. The van der Waals surface area contributed by atoms with Gasteiger partial charge in [-0.15, -0.1) is 5.10 Å². The van der Waals surface area contributed by atoms with Crippen molar-refractivity contribution in [3.8, 4) is 6.07 Å². The molecule has 1 saturated heterocycles. The minimum Gasteiger partial charge on any atom is -0.350 e. The van der Waals surface area contributed by atoms with Crippen LogP contribution in [0.1, 0.15) is 50.1 Å². The molecule has 1 fully saturated rings. The fraction of sp³-hybridized carbons (Fsp3) is 0.478. The molecular formula is C23H29N5O. The van der Waals surface area contributed by atoms with Crippen LogP contribution in [0.15, 0.2) is 30.3 Å². The number of nitrogens with zero attached hydrogens (tertiary/aromatic N) is 5. The van der Waals surface area contributed by atoms with Crippen molar-refractivity contribution in [3.05, 3.63) is 52.7 Å². The topological polar surface area (TPSA) is 73.1 Å². The van der Waals surface area contributed by atoms with E-state index in [4.69, 9.17) is 0 Å². The molecular weight excluding hydrogens is 362 g/mol. The Morgan fingerprint density at radius 2 is 1.72 bits per heavy atom. The molecule has 29 heavy (non-hydrogen) atoms. The maximum atomic E-state index is 13.2. The van der Waals surface area contributed by atoms with Crippen molar-refractivity contribution in [2.75, 3.05) is 31.1 Å². The van der Waals surface area contributed by atoms with Gasteiger partial charge in [-0.1, -0.05) is 44.2 Å². The zero-order chi connectivity index (χ0) is 21.0. The average molecular weight is 392 g/mol. The molecule has 0 spiro atoms. The number of anilines is 1. The van der Waals surface area contributed by atoms with Gasteiger partial charge in [0.15, 0.2) is 5.82 Å². The van der Waals surface area contributed by atoms with E-state index >= 15 is 0 Å². The first-order chi connectivity index (χ1) is 13.9. The van der Waals surface area contributed by atoms with Crippen molar-refractivity contribution in [2.45, 2.75) is 46.0 Å². The fourth-order valence-corrected chi connectivity index (χ4v) is 4.00. The highest BCUT2D eigenvalue weighted by atomic mass is 16.2. The second kappa shape index (κ2) is 8.60. The van der Waals surface area contributed by atoms with Gasteiger partial charge in [0.25, 0.3) is 0 Å². The van der Waals surface area contributed by atoms with E-state index in [9.17, 15) is 10.1 Å². The second-order valence-corrected chi connectivity index (χ2v) is 7.91. The molecule has 3 rings (SSSR count). The highest BCUT2D eigenvalue weighted by Crippen LogP contribution is 2.28. The summed E-state index contributed by atoms with van der Waals surface area (Å²) in [5, 5.41) is 18.5. The normalized spacial score (nSPS) is 14.6. The maximum Gasteiger partial charge on any atom is 0.232 e. The molecule has 6 heteroatoms. The van der Waals surface area contributed by atoms with E-state index < -0.39 is 5.41 Å². The predicted octanol–water partition coefficient (Wildman–Crippen LogP) is 3.10. The molecule has 6 nitrogen and oxygen atoms in total. The van der Waals surface area contributed by atoms with Crippen LogP contribution >= 0.6 is 0 Å². The summed E-state index contributed by atoms with van der Waals surface area (Å²) in [5.74, 6) is 0.779. The van der Waals surface area contributed by atoms with Crippen LogP contribution in [0.4, 0.5) is 5.82 Å². The molecule has 1 aromatic carbocycles. The summed E-state index contributed by atoms with van der Waals surface area (Å²) < 4.78 is 0. The van der Waals surface area contributed by atoms with E-state index in [-0.39, 0.29) is 5.91 Å². The number of nitriles is 1. The number of rotatable bonds is 5. The molecule has 0 N–H and O–H groups in total. The Bertz CT molecular complexity index is 909. The third kappa shape index (κ3) is 3.95. The van der Waals surface area contributed by atoms with Crippen LogP contribution in [0, 0.1) is 11.3 Å². The van der Waals surface area contributed by atoms with Gasteiger partial charge in [-0.3, -0.25) is 4.79 Å². The second-order valence-electron chi connectivity index (χ2n) is 7.91. The summed E-state index contributed by atoms with van der Waals surface area (Å²) in [4.78, 5) is 17.2. The van der Waals surface area contributed by atoms with Crippen LogP contribution in [0.3, 0.4) is 0 Å². The zero-order valence-electron chi connectivity index (χ0n) is 17.8. The number of hydrogen-bond acceptors (Lipinski definition) is 5. The number of amides is 1. The Hall–Kier alpha value is -2.94. The summed E-state index contributed by atoms with van der Waals surface area (Å²) in [6.07, 6.45) is 1.53. The third-order valence-corrected chi connectivity index (χ3v) is 5.84. The number of aryl methyl sites for hydroxylation is 1. The van der Waals surface area contributed by atoms with E-state index in [1.54, 1.807) is 0 Å². The largest absolute Gasteiger partial charge is 0.350 e. The molecule has 1 amide bonds. The Morgan fingerprint density at radius 1 is 1.07 bits per heavy atom. The fourth-order valence-electron chi connectivity index (χ4n) is 4.00. The van der Waals surface area contributed by atoms with Crippen molar-refractivity contribution in [1.82, 2.24) is 15.1 Å². The van der Waals surface area contributed by atoms with Crippen LogP contribution in [0.25, 0.3) is 0 Å². The minimum absolute atomic E-state index is 0.130. The number of benzene rings is 1. The number of piperazine rings is 1. The van der Waals surface area contributed by atoms with Gasteiger partial charge in [0.2, 0.25) is 5.91 Å². The van der Waals surface area contributed by atoms with Gasteiger partial charge in [-0.05, 0) is 37.8 Å². The lowest BCUT2D eigenvalue weighted by Gasteiger charge is -2.39. The quantitative estimate of drug-likeness (QED) is 0.783. The molecule has 0 saturated carbocycles. The maximum absolute atomic E-state index is 13.2. The summed E-state index contributed by atoms with van der Waals surface area (Å²) >= 11 is 0. The molecule has 0 bridgehead atoms. The summed E-state index contributed by atoms with van der Waals surface area (Å²) in [6.45, 7) is 10.5. The molecule has 1 aliphatic heterocycles. The monoisotopic (exact) mass is 391 g/mol. The van der Waals surface area contributed by atoms with Crippen LogP contribution in [0.2, 0.25) is 0 Å². The standard InChI is InChI=1S/C23H29N5O/c1-5-18-19(16-24)21(26-25-20(18)6-2)27-12-14-28(15-13-27)22(29)23(3,4)17-10-8-7-9-11-17/h7-11H,5-6,12-15H2,1-4H3. The molecule has 0 aliphatic carbocycles. The van der Waals surface area contributed by atoms with Gasteiger partial charge in [-0.2, -0.15) is 10.4 Å². The average Bonchev–Trinajstić information content (AvgIpc) is 2.78. The van der Waals surface area contributed by atoms with Crippen molar-refractivity contribution < 1.29 is 4.79 Å².